The number of fused-ring (bicyclic) bond motifs is 6. The number of hydrogen-bond donors (Lipinski definition) is 0. The molecule has 2 aromatic heterocycles. The number of rotatable bonds is 3. The smallest absolute Gasteiger partial charge is 0.0541 e. The van der Waals surface area contributed by atoms with E-state index < -0.39 is 0 Å². The summed E-state index contributed by atoms with van der Waals surface area (Å²) in [7, 11) is 2.15. The summed E-state index contributed by atoms with van der Waals surface area (Å²) in [5, 5.41) is 5.15. The molecule has 6 aromatic carbocycles. The molecule has 8 aromatic rings. The lowest BCUT2D eigenvalue weighted by Crippen LogP contribution is -1.92. The van der Waals surface area contributed by atoms with E-state index in [1.54, 1.807) is 0 Å². The highest BCUT2D eigenvalue weighted by molar-refractivity contribution is 6.11. The molecule has 0 aliphatic rings. The third-order valence-corrected chi connectivity index (χ3v) is 8.15. The molecule has 0 atom stereocenters. The molecule has 0 saturated heterocycles. The van der Waals surface area contributed by atoms with Crippen LogP contribution in [0.15, 0.2) is 140 Å². The van der Waals surface area contributed by atoms with Gasteiger partial charge in [-0.15, -0.1) is 0 Å². The van der Waals surface area contributed by atoms with Gasteiger partial charge in [0.1, 0.15) is 0 Å². The van der Waals surface area contributed by atoms with Crippen LogP contribution in [-0.2, 0) is 7.05 Å². The zero-order valence-corrected chi connectivity index (χ0v) is 21.7. The average molecular weight is 499 g/mol. The number of hydrogen-bond acceptors (Lipinski definition) is 0. The Labute approximate surface area is 227 Å². The van der Waals surface area contributed by atoms with E-state index in [-0.39, 0.29) is 0 Å². The fraction of sp³-hybridized carbons (Fsp3) is 0.0270. The molecule has 0 aliphatic carbocycles. The topological polar surface area (TPSA) is 9.86 Å². The SMILES string of the molecule is Cn1c2ccccc2c2cc(-c3ccc(-c4ccc5c(c4)c4ccccc4n5-c4ccccc4)cc3)ccc21. The Morgan fingerprint density at radius 2 is 0.795 bits per heavy atom. The van der Waals surface area contributed by atoms with Crippen molar-refractivity contribution >= 4 is 43.6 Å². The molecule has 2 heterocycles. The van der Waals surface area contributed by atoms with Gasteiger partial charge in [-0.1, -0.05) is 91.0 Å². The van der Waals surface area contributed by atoms with E-state index in [1.165, 1.54) is 71.6 Å². The van der Waals surface area contributed by atoms with E-state index in [4.69, 9.17) is 0 Å². The van der Waals surface area contributed by atoms with E-state index >= 15 is 0 Å². The molecule has 184 valence electrons. The molecule has 0 saturated carbocycles. The highest BCUT2D eigenvalue weighted by Gasteiger charge is 2.13. The van der Waals surface area contributed by atoms with Crippen LogP contribution in [-0.4, -0.2) is 9.13 Å². The molecule has 0 radical (unpaired) electrons. The Morgan fingerprint density at radius 1 is 0.359 bits per heavy atom. The van der Waals surface area contributed by atoms with E-state index in [1.807, 2.05) is 0 Å². The lowest BCUT2D eigenvalue weighted by Gasteiger charge is -2.09. The summed E-state index contributed by atoms with van der Waals surface area (Å²) < 4.78 is 4.64. The third-order valence-electron chi connectivity index (χ3n) is 8.15. The van der Waals surface area contributed by atoms with Crippen LogP contribution in [0.25, 0.3) is 71.6 Å². The highest BCUT2D eigenvalue weighted by atomic mass is 15.0. The molecule has 8 rings (SSSR count). The van der Waals surface area contributed by atoms with Gasteiger partial charge >= 0.3 is 0 Å². The van der Waals surface area contributed by atoms with Crippen LogP contribution in [0, 0.1) is 0 Å². The van der Waals surface area contributed by atoms with E-state index in [2.05, 4.69) is 156 Å². The molecular formula is C37H26N2. The van der Waals surface area contributed by atoms with Crippen LogP contribution in [0.3, 0.4) is 0 Å². The van der Waals surface area contributed by atoms with Gasteiger partial charge in [-0.25, -0.2) is 0 Å². The van der Waals surface area contributed by atoms with Crippen LogP contribution in [0.1, 0.15) is 0 Å². The fourth-order valence-corrected chi connectivity index (χ4v) is 6.21. The average Bonchev–Trinajstić information content (AvgIpc) is 3.49. The van der Waals surface area contributed by atoms with Crippen molar-refractivity contribution in [2.45, 2.75) is 0 Å². The van der Waals surface area contributed by atoms with Crippen molar-refractivity contribution in [3.05, 3.63) is 140 Å². The monoisotopic (exact) mass is 498 g/mol. The van der Waals surface area contributed by atoms with Crippen molar-refractivity contribution in [2.75, 3.05) is 0 Å². The van der Waals surface area contributed by atoms with Gasteiger partial charge in [0.2, 0.25) is 0 Å². The molecule has 0 unspecified atom stereocenters. The van der Waals surface area contributed by atoms with Crippen molar-refractivity contribution in [1.82, 2.24) is 9.13 Å². The van der Waals surface area contributed by atoms with Crippen molar-refractivity contribution in [3.63, 3.8) is 0 Å². The molecule has 2 nitrogen and oxygen atoms in total. The van der Waals surface area contributed by atoms with Gasteiger partial charge in [-0.05, 0) is 70.8 Å². The van der Waals surface area contributed by atoms with Gasteiger partial charge < -0.3 is 9.13 Å². The van der Waals surface area contributed by atoms with E-state index in [0.29, 0.717) is 0 Å². The Hall–Kier alpha value is -5.08. The molecular weight excluding hydrogens is 472 g/mol. The first-order valence-electron chi connectivity index (χ1n) is 13.4. The van der Waals surface area contributed by atoms with Gasteiger partial charge in [0.15, 0.2) is 0 Å². The van der Waals surface area contributed by atoms with Crippen molar-refractivity contribution in [3.8, 4) is 27.9 Å². The number of aromatic nitrogens is 2. The van der Waals surface area contributed by atoms with Crippen LogP contribution in [0.2, 0.25) is 0 Å². The third kappa shape index (κ3) is 3.35. The second kappa shape index (κ2) is 8.47. The Kier molecular flexibility index (Phi) is 4.77. The summed E-state index contributed by atoms with van der Waals surface area (Å²) in [5.41, 5.74) is 11.1. The van der Waals surface area contributed by atoms with E-state index in [9.17, 15) is 0 Å². The zero-order valence-electron chi connectivity index (χ0n) is 21.7. The quantitative estimate of drug-likeness (QED) is 0.229. The summed E-state index contributed by atoms with van der Waals surface area (Å²) in [6.45, 7) is 0. The Bertz CT molecular complexity index is 2160. The number of para-hydroxylation sites is 3. The van der Waals surface area contributed by atoms with Gasteiger partial charge in [-0.2, -0.15) is 0 Å². The van der Waals surface area contributed by atoms with Gasteiger partial charge in [0, 0.05) is 45.3 Å². The van der Waals surface area contributed by atoms with E-state index in [0.717, 1.165) is 0 Å². The molecule has 0 amide bonds. The maximum absolute atomic E-state index is 2.36. The Balaban J connectivity index is 1.22. The highest BCUT2D eigenvalue weighted by Crippen LogP contribution is 2.36. The van der Waals surface area contributed by atoms with Gasteiger partial charge in [-0.3, -0.25) is 0 Å². The number of benzene rings is 6. The Morgan fingerprint density at radius 3 is 1.46 bits per heavy atom. The van der Waals surface area contributed by atoms with Gasteiger partial charge in [0.05, 0.1) is 11.0 Å². The van der Waals surface area contributed by atoms with Crippen molar-refractivity contribution in [1.29, 1.82) is 0 Å². The molecule has 0 spiro atoms. The largest absolute Gasteiger partial charge is 0.344 e. The number of aryl methyl sites for hydroxylation is 1. The minimum absolute atomic E-state index is 1.18. The first-order valence-corrected chi connectivity index (χ1v) is 13.4. The molecule has 2 heteroatoms. The second-order valence-corrected chi connectivity index (χ2v) is 10.3. The molecule has 0 fully saturated rings. The molecule has 0 aliphatic heterocycles. The molecule has 0 bridgehead atoms. The summed E-state index contributed by atoms with van der Waals surface area (Å²) in [5.74, 6) is 0. The maximum Gasteiger partial charge on any atom is 0.0541 e. The lowest BCUT2D eigenvalue weighted by molar-refractivity contribution is 1.01. The molecule has 39 heavy (non-hydrogen) atoms. The summed E-state index contributed by atoms with van der Waals surface area (Å²) in [6, 6.07) is 50.6. The predicted octanol–water partition coefficient (Wildman–Crippen LogP) is 9.76. The standard InChI is InChI=1S/C37H26N2/c1-38-34-13-7-5-11-30(34)32-23-27(19-21-35(32)38)25-15-17-26(18-16-25)28-20-22-37-33(24-28)31-12-6-8-14-36(31)39(37)29-9-3-2-4-10-29/h2-24H,1H3. The lowest BCUT2D eigenvalue weighted by atomic mass is 9.98. The van der Waals surface area contributed by atoms with Crippen LogP contribution in [0.4, 0.5) is 0 Å². The van der Waals surface area contributed by atoms with Crippen LogP contribution in [0.5, 0.6) is 0 Å². The first-order chi connectivity index (χ1) is 19.3. The normalized spacial score (nSPS) is 11.7. The van der Waals surface area contributed by atoms with Crippen LogP contribution < -0.4 is 0 Å². The van der Waals surface area contributed by atoms with Gasteiger partial charge in [0.25, 0.3) is 0 Å². The predicted molar refractivity (Wildman–Crippen MR) is 166 cm³/mol. The maximum atomic E-state index is 2.36. The summed E-state index contributed by atoms with van der Waals surface area (Å²) in [6.07, 6.45) is 0. The fourth-order valence-electron chi connectivity index (χ4n) is 6.21. The van der Waals surface area contributed by atoms with Crippen LogP contribution >= 0.6 is 0 Å². The second-order valence-electron chi connectivity index (χ2n) is 10.3. The molecule has 0 N–H and O–H groups in total. The first kappa shape index (κ1) is 22.0. The zero-order chi connectivity index (χ0) is 25.9. The summed E-state index contributed by atoms with van der Waals surface area (Å²) >= 11 is 0. The minimum Gasteiger partial charge on any atom is -0.344 e. The number of nitrogens with zero attached hydrogens (tertiary/aromatic N) is 2. The summed E-state index contributed by atoms with van der Waals surface area (Å²) in [4.78, 5) is 0. The van der Waals surface area contributed by atoms with Crippen molar-refractivity contribution < 1.29 is 0 Å². The van der Waals surface area contributed by atoms with Crippen molar-refractivity contribution in [2.24, 2.45) is 7.05 Å². The minimum atomic E-state index is 1.18.